The predicted octanol–water partition coefficient (Wildman–Crippen LogP) is 1.07. The number of nitrogens with one attached hydrogen (secondary N) is 1. The van der Waals surface area contributed by atoms with E-state index in [1.807, 2.05) is 18.2 Å². The summed E-state index contributed by atoms with van der Waals surface area (Å²) in [6.45, 7) is 1.85. The van der Waals surface area contributed by atoms with Gasteiger partial charge in [0.2, 0.25) is 11.8 Å². The van der Waals surface area contributed by atoms with Gasteiger partial charge in [-0.05, 0) is 12.1 Å². The summed E-state index contributed by atoms with van der Waals surface area (Å²) in [7, 11) is 0. The number of hydrogen-bond donors (Lipinski definition) is 1. The highest BCUT2D eigenvalue weighted by molar-refractivity contribution is 5.77. The van der Waals surface area contributed by atoms with Gasteiger partial charge in [0.15, 0.2) is 6.61 Å². The molecular formula is C12H13N3O3. The first-order chi connectivity index (χ1) is 8.74. The quantitative estimate of drug-likeness (QED) is 0.855. The van der Waals surface area contributed by atoms with Crippen LogP contribution >= 0.6 is 0 Å². The van der Waals surface area contributed by atoms with E-state index >= 15 is 0 Å². The van der Waals surface area contributed by atoms with Crippen LogP contribution in [0.15, 0.2) is 34.7 Å². The fourth-order valence-corrected chi connectivity index (χ4v) is 1.30. The first-order valence-electron chi connectivity index (χ1n) is 5.47. The Balaban J connectivity index is 1.73. The largest absolute Gasteiger partial charge is 0.484 e. The van der Waals surface area contributed by atoms with Crippen molar-refractivity contribution in [2.24, 2.45) is 0 Å². The number of aromatic nitrogens is 2. The molecule has 0 bridgehead atoms. The first kappa shape index (κ1) is 12.1. The monoisotopic (exact) mass is 247 g/mol. The van der Waals surface area contributed by atoms with Gasteiger partial charge in [-0.3, -0.25) is 4.79 Å². The molecule has 1 aromatic carbocycles. The zero-order chi connectivity index (χ0) is 12.8. The van der Waals surface area contributed by atoms with Crippen molar-refractivity contribution in [3.05, 3.63) is 42.1 Å². The van der Waals surface area contributed by atoms with Gasteiger partial charge in [0.25, 0.3) is 5.91 Å². The van der Waals surface area contributed by atoms with Gasteiger partial charge in [0.05, 0.1) is 6.54 Å². The molecule has 0 fully saturated rings. The fourth-order valence-electron chi connectivity index (χ4n) is 1.30. The van der Waals surface area contributed by atoms with Crippen LogP contribution in [-0.2, 0) is 11.3 Å². The second-order valence-corrected chi connectivity index (χ2v) is 3.59. The van der Waals surface area contributed by atoms with Crippen molar-refractivity contribution in [1.82, 2.24) is 15.5 Å². The van der Waals surface area contributed by atoms with E-state index in [1.54, 1.807) is 19.1 Å². The third-order valence-electron chi connectivity index (χ3n) is 2.12. The minimum absolute atomic E-state index is 0.0445. The lowest BCUT2D eigenvalue weighted by atomic mass is 10.3. The molecule has 0 saturated carbocycles. The molecule has 2 rings (SSSR count). The molecule has 6 heteroatoms. The number of carbonyl (C=O) groups is 1. The number of para-hydroxylation sites is 1. The molecule has 2 aromatic rings. The van der Waals surface area contributed by atoms with Gasteiger partial charge in [-0.2, -0.15) is 0 Å². The molecule has 1 heterocycles. The summed E-state index contributed by atoms with van der Waals surface area (Å²) in [5.41, 5.74) is 0. The van der Waals surface area contributed by atoms with Crippen LogP contribution in [0, 0.1) is 6.92 Å². The van der Waals surface area contributed by atoms with Crippen LogP contribution in [0.1, 0.15) is 11.8 Å². The molecule has 6 nitrogen and oxygen atoms in total. The number of ether oxygens (including phenoxy) is 1. The zero-order valence-electron chi connectivity index (χ0n) is 9.92. The Morgan fingerprint density at radius 2 is 2.11 bits per heavy atom. The summed E-state index contributed by atoms with van der Waals surface area (Å²) in [4.78, 5) is 11.5. The number of amides is 1. The topological polar surface area (TPSA) is 77.2 Å². The minimum Gasteiger partial charge on any atom is -0.484 e. The molecule has 18 heavy (non-hydrogen) atoms. The summed E-state index contributed by atoms with van der Waals surface area (Å²) >= 11 is 0. The molecule has 94 valence electrons. The Labute approximate surface area is 104 Å². The number of rotatable bonds is 5. The van der Waals surface area contributed by atoms with E-state index in [2.05, 4.69) is 15.5 Å². The summed E-state index contributed by atoms with van der Waals surface area (Å²) < 4.78 is 10.4. The van der Waals surface area contributed by atoms with Gasteiger partial charge in [-0.1, -0.05) is 18.2 Å². The van der Waals surface area contributed by atoms with E-state index in [0.29, 0.717) is 17.5 Å². The first-order valence-corrected chi connectivity index (χ1v) is 5.47. The maximum absolute atomic E-state index is 11.5. The van der Waals surface area contributed by atoms with Crippen molar-refractivity contribution in [3.63, 3.8) is 0 Å². The third kappa shape index (κ3) is 3.58. The molecule has 0 saturated heterocycles. The van der Waals surface area contributed by atoms with E-state index in [-0.39, 0.29) is 19.1 Å². The highest BCUT2D eigenvalue weighted by Gasteiger charge is 2.06. The minimum atomic E-state index is -0.241. The number of benzene rings is 1. The number of aryl methyl sites for hydroxylation is 1. The highest BCUT2D eigenvalue weighted by atomic mass is 16.5. The van der Waals surface area contributed by atoms with E-state index in [4.69, 9.17) is 9.15 Å². The van der Waals surface area contributed by atoms with Crippen LogP contribution in [0.4, 0.5) is 0 Å². The standard InChI is InChI=1S/C12H13N3O3/c1-9-14-15-12(18-9)7-13-11(16)8-17-10-5-3-2-4-6-10/h2-6H,7-8H2,1H3,(H,13,16). The molecule has 0 unspecified atom stereocenters. The van der Waals surface area contributed by atoms with E-state index in [1.165, 1.54) is 0 Å². The normalized spacial score (nSPS) is 10.1. The van der Waals surface area contributed by atoms with Crippen LogP contribution in [0.2, 0.25) is 0 Å². The van der Waals surface area contributed by atoms with Crippen molar-refractivity contribution < 1.29 is 13.9 Å². The van der Waals surface area contributed by atoms with Gasteiger partial charge in [-0.25, -0.2) is 0 Å². The van der Waals surface area contributed by atoms with Gasteiger partial charge < -0.3 is 14.5 Å². The molecule has 0 aliphatic rings. The van der Waals surface area contributed by atoms with Crippen LogP contribution in [0.25, 0.3) is 0 Å². The smallest absolute Gasteiger partial charge is 0.258 e. The van der Waals surface area contributed by atoms with Crippen LogP contribution in [-0.4, -0.2) is 22.7 Å². The Kier molecular flexibility index (Phi) is 3.90. The zero-order valence-corrected chi connectivity index (χ0v) is 9.92. The molecule has 1 aromatic heterocycles. The van der Waals surface area contributed by atoms with E-state index in [9.17, 15) is 4.79 Å². The van der Waals surface area contributed by atoms with E-state index in [0.717, 1.165) is 0 Å². The third-order valence-corrected chi connectivity index (χ3v) is 2.12. The molecule has 1 N–H and O–H groups in total. The molecule has 0 aliphatic carbocycles. The molecular weight excluding hydrogens is 234 g/mol. The number of nitrogens with zero attached hydrogens (tertiary/aromatic N) is 2. The highest BCUT2D eigenvalue weighted by Crippen LogP contribution is 2.07. The van der Waals surface area contributed by atoms with Crippen molar-refractivity contribution >= 4 is 5.91 Å². The summed E-state index contributed by atoms with van der Waals surface area (Å²) in [6, 6.07) is 9.14. The van der Waals surface area contributed by atoms with Crippen molar-refractivity contribution in [2.45, 2.75) is 13.5 Å². The van der Waals surface area contributed by atoms with Gasteiger partial charge in [-0.15, -0.1) is 10.2 Å². The average molecular weight is 247 g/mol. The van der Waals surface area contributed by atoms with Gasteiger partial charge in [0.1, 0.15) is 5.75 Å². The van der Waals surface area contributed by atoms with Crippen molar-refractivity contribution in [3.8, 4) is 5.75 Å². The van der Waals surface area contributed by atoms with Crippen LogP contribution in [0.5, 0.6) is 5.75 Å². The summed E-state index contributed by atoms with van der Waals surface area (Å²) in [6.07, 6.45) is 0. The Bertz CT molecular complexity index is 510. The molecule has 0 aliphatic heterocycles. The second kappa shape index (κ2) is 5.81. The fraction of sp³-hybridized carbons (Fsp3) is 0.250. The predicted molar refractivity (Wildman–Crippen MR) is 62.8 cm³/mol. The Hall–Kier alpha value is -2.37. The molecule has 0 spiro atoms. The second-order valence-electron chi connectivity index (χ2n) is 3.59. The van der Waals surface area contributed by atoms with Crippen molar-refractivity contribution in [1.29, 1.82) is 0 Å². The van der Waals surface area contributed by atoms with Crippen LogP contribution in [0.3, 0.4) is 0 Å². The average Bonchev–Trinajstić information content (AvgIpc) is 2.81. The molecule has 0 radical (unpaired) electrons. The number of hydrogen-bond acceptors (Lipinski definition) is 5. The maximum Gasteiger partial charge on any atom is 0.258 e. The van der Waals surface area contributed by atoms with Crippen LogP contribution < -0.4 is 10.1 Å². The number of carbonyl (C=O) groups excluding carboxylic acids is 1. The Morgan fingerprint density at radius 3 is 2.78 bits per heavy atom. The molecule has 0 atom stereocenters. The van der Waals surface area contributed by atoms with Gasteiger partial charge >= 0.3 is 0 Å². The SMILES string of the molecule is Cc1nnc(CNC(=O)COc2ccccc2)o1. The lowest BCUT2D eigenvalue weighted by molar-refractivity contribution is -0.123. The molecule has 1 amide bonds. The Morgan fingerprint density at radius 1 is 1.33 bits per heavy atom. The lowest BCUT2D eigenvalue weighted by Crippen LogP contribution is -2.28. The summed E-state index contributed by atoms with van der Waals surface area (Å²) in [5, 5.41) is 10.0. The summed E-state index contributed by atoms with van der Waals surface area (Å²) in [5.74, 6) is 1.26. The maximum atomic E-state index is 11.5. The van der Waals surface area contributed by atoms with Crippen molar-refractivity contribution in [2.75, 3.05) is 6.61 Å². The van der Waals surface area contributed by atoms with Gasteiger partial charge in [0, 0.05) is 6.92 Å². The van der Waals surface area contributed by atoms with E-state index < -0.39 is 0 Å². The lowest BCUT2D eigenvalue weighted by Gasteiger charge is -2.05.